The van der Waals surface area contributed by atoms with Crippen molar-refractivity contribution >= 4 is 15.8 Å². The SMILES string of the molecule is CCS(=O)(=O)c1cc(OC(C)(C)C#N)cnc1C(=O)O. The molecule has 0 bridgehead atoms. The summed E-state index contributed by atoms with van der Waals surface area (Å²) >= 11 is 0. The summed E-state index contributed by atoms with van der Waals surface area (Å²) in [7, 11) is -3.76. The van der Waals surface area contributed by atoms with Crippen molar-refractivity contribution in [2.24, 2.45) is 0 Å². The highest BCUT2D eigenvalue weighted by atomic mass is 32.2. The molecule has 0 aliphatic heterocycles. The number of aromatic carboxylic acids is 1. The quantitative estimate of drug-likeness (QED) is 0.869. The molecular formula is C12H14N2O5S. The molecule has 20 heavy (non-hydrogen) atoms. The van der Waals surface area contributed by atoms with Gasteiger partial charge in [-0.25, -0.2) is 18.2 Å². The molecule has 1 aromatic rings. The fourth-order valence-electron chi connectivity index (χ4n) is 1.35. The smallest absolute Gasteiger partial charge is 0.355 e. The summed E-state index contributed by atoms with van der Waals surface area (Å²) in [5.41, 5.74) is -1.74. The van der Waals surface area contributed by atoms with E-state index in [-0.39, 0.29) is 11.5 Å². The van der Waals surface area contributed by atoms with Gasteiger partial charge in [-0.2, -0.15) is 5.26 Å². The molecule has 0 saturated heterocycles. The van der Waals surface area contributed by atoms with E-state index < -0.39 is 32.0 Å². The average Bonchev–Trinajstić information content (AvgIpc) is 2.38. The van der Waals surface area contributed by atoms with Crippen LogP contribution in [0.25, 0.3) is 0 Å². The van der Waals surface area contributed by atoms with E-state index in [2.05, 4.69) is 4.98 Å². The monoisotopic (exact) mass is 298 g/mol. The van der Waals surface area contributed by atoms with Gasteiger partial charge in [0.15, 0.2) is 21.1 Å². The topological polar surface area (TPSA) is 117 Å². The zero-order valence-corrected chi connectivity index (χ0v) is 12.1. The first-order valence-corrected chi connectivity index (χ1v) is 7.34. The zero-order chi connectivity index (χ0) is 15.6. The normalized spacial score (nSPS) is 11.7. The Hall–Kier alpha value is -2.14. The summed E-state index contributed by atoms with van der Waals surface area (Å²) in [6.07, 6.45) is 1.08. The molecule has 0 atom stereocenters. The number of nitrogens with zero attached hydrogens (tertiary/aromatic N) is 2. The molecule has 7 nitrogen and oxygen atoms in total. The van der Waals surface area contributed by atoms with Gasteiger partial charge in [0.2, 0.25) is 0 Å². The molecule has 0 unspecified atom stereocenters. The summed E-state index contributed by atoms with van der Waals surface area (Å²) in [4.78, 5) is 14.2. The first-order valence-electron chi connectivity index (χ1n) is 5.69. The lowest BCUT2D eigenvalue weighted by molar-refractivity contribution is 0.0685. The summed E-state index contributed by atoms with van der Waals surface area (Å²) in [6, 6.07) is 2.96. The Morgan fingerprint density at radius 1 is 1.55 bits per heavy atom. The Labute approximate surface area is 116 Å². The van der Waals surface area contributed by atoms with Crippen LogP contribution < -0.4 is 4.74 Å². The van der Waals surface area contributed by atoms with E-state index in [0.717, 1.165) is 12.3 Å². The number of rotatable bonds is 5. The maximum atomic E-state index is 11.9. The van der Waals surface area contributed by atoms with E-state index in [1.807, 2.05) is 6.07 Å². The standard InChI is InChI=1S/C12H14N2O5S/c1-4-20(17,18)9-5-8(19-12(2,3)7-13)6-14-10(9)11(15)16/h5-6H,4H2,1-3H3,(H,15,16). The van der Waals surface area contributed by atoms with Crippen LogP contribution in [0.4, 0.5) is 0 Å². The molecule has 0 aromatic carbocycles. The van der Waals surface area contributed by atoms with Gasteiger partial charge >= 0.3 is 5.97 Å². The number of aromatic nitrogens is 1. The second-order valence-electron chi connectivity index (χ2n) is 4.45. The lowest BCUT2D eigenvalue weighted by atomic mass is 10.2. The van der Waals surface area contributed by atoms with Gasteiger partial charge in [-0.3, -0.25) is 0 Å². The molecule has 0 radical (unpaired) electrons. The third-order valence-electron chi connectivity index (χ3n) is 2.39. The largest absolute Gasteiger partial charge is 0.476 e. The Balaban J connectivity index is 3.40. The minimum absolute atomic E-state index is 0.0218. The van der Waals surface area contributed by atoms with Crippen LogP contribution in [0.5, 0.6) is 5.75 Å². The van der Waals surface area contributed by atoms with Crippen molar-refractivity contribution in [3.05, 3.63) is 18.0 Å². The molecule has 1 N–H and O–H groups in total. The number of nitriles is 1. The first-order chi connectivity index (χ1) is 9.13. The van der Waals surface area contributed by atoms with Gasteiger partial charge in [-0.05, 0) is 13.8 Å². The van der Waals surface area contributed by atoms with Crippen molar-refractivity contribution in [1.82, 2.24) is 4.98 Å². The van der Waals surface area contributed by atoms with Gasteiger partial charge < -0.3 is 9.84 Å². The van der Waals surface area contributed by atoms with Crippen LogP contribution >= 0.6 is 0 Å². The van der Waals surface area contributed by atoms with Crippen LogP contribution in [0.2, 0.25) is 0 Å². The lowest BCUT2D eigenvalue weighted by Crippen LogP contribution is -2.26. The molecule has 8 heteroatoms. The maximum absolute atomic E-state index is 11.9. The molecule has 0 fully saturated rings. The van der Waals surface area contributed by atoms with Crippen LogP contribution in [-0.2, 0) is 9.84 Å². The number of carboxylic acids is 1. The molecule has 1 heterocycles. The molecule has 0 aliphatic carbocycles. The summed E-state index contributed by atoms with van der Waals surface area (Å²) in [5.74, 6) is -1.68. The molecule has 1 aromatic heterocycles. The van der Waals surface area contributed by atoms with E-state index in [0.29, 0.717) is 0 Å². The number of hydrogen-bond donors (Lipinski definition) is 1. The summed E-state index contributed by atoms with van der Waals surface area (Å²) < 4.78 is 29.1. The molecule has 1 rings (SSSR count). The van der Waals surface area contributed by atoms with Crippen molar-refractivity contribution in [2.45, 2.75) is 31.3 Å². The van der Waals surface area contributed by atoms with E-state index in [4.69, 9.17) is 15.1 Å². The zero-order valence-electron chi connectivity index (χ0n) is 11.2. The lowest BCUT2D eigenvalue weighted by Gasteiger charge is -2.18. The maximum Gasteiger partial charge on any atom is 0.355 e. The van der Waals surface area contributed by atoms with Gasteiger partial charge in [0.1, 0.15) is 16.7 Å². The van der Waals surface area contributed by atoms with Crippen LogP contribution in [0, 0.1) is 11.3 Å². The van der Waals surface area contributed by atoms with E-state index in [9.17, 15) is 13.2 Å². The summed E-state index contributed by atoms with van der Waals surface area (Å²) in [5, 5.41) is 17.8. The van der Waals surface area contributed by atoms with Gasteiger partial charge in [-0.1, -0.05) is 6.92 Å². The van der Waals surface area contributed by atoms with Crippen LogP contribution in [-0.4, -0.2) is 35.8 Å². The number of hydrogen-bond acceptors (Lipinski definition) is 6. The first kappa shape index (κ1) is 15.9. The van der Waals surface area contributed by atoms with Crippen LogP contribution in [0.1, 0.15) is 31.3 Å². The third-order valence-corrected chi connectivity index (χ3v) is 4.13. The molecule has 0 saturated carbocycles. The second-order valence-corrected chi connectivity index (χ2v) is 6.70. The van der Waals surface area contributed by atoms with E-state index in [1.54, 1.807) is 0 Å². The number of pyridine rings is 1. The minimum atomic E-state index is -3.76. The number of ether oxygens (including phenoxy) is 1. The van der Waals surface area contributed by atoms with Gasteiger partial charge in [0.25, 0.3) is 0 Å². The van der Waals surface area contributed by atoms with Crippen LogP contribution in [0.15, 0.2) is 17.2 Å². The van der Waals surface area contributed by atoms with Crippen molar-refractivity contribution in [3.8, 4) is 11.8 Å². The van der Waals surface area contributed by atoms with Gasteiger partial charge in [0, 0.05) is 6.07 Å². The minimum Gasteiger partial charge on any atom is -0.476 e. The van der Waals surface area contributed by atoms with Crippen molar-refractivity contribution in [3.63, 3.8) is 0 Å². The Morgan fingerprint density at radius 2 is 2.15 bits per heavy atom. The average molecular weight is 298 g/mol. The summed E-state index contributed by atoms with van der Waals surface area (Å²) in [6.45, 7) is 4.38. The van der Waals surface area contributed by atoms with Crippen molar-refractivity contribution in [1.29, 1.82) is 5.26 Å². The van der Waals surface area contributed by atoms with Gasteiger partial charge in [-0.15, -0.1) is 0 Å². The van der Waals surface area contributed by atoms with Gasteiger partial charge in [0.05, 0.1) is 11.9 Å². The fraction of sp³-hybridized carbons (Fsp3) is 0.417. The molecule has 0 spiro atoms. The highest BCUT2D eigenvalue weighted by Crippen LogP contribution is 2.24. The van der Waals surface area contributed by atoms with E-state index in [1.165, 1.54) is 20.8 Å². The highest BCUT2D eigenvalue weighted by Gasteiger charge is 2.25. The number of sulfone groups is 1. The molecule has 0 aliphatic rings. The fourth-order valence-corrected chi connectivity index (χ4v) is 2.39. The molecular weight excluding hydrogens is 284 g/mol. The Morgan fingerprint density at radius 3 is 2.60 bits per heavy atom. The van der Waals surface area contributed by atoms with Crippen molar-refractivity contribution < 1.29 is 23.1 Å². The number of carboxylic acid groups (broad SMARTS) is 1. The predicted molar refractivity (Wildman–Crippen MR) is 69.2 cm³/mol. The van der Waals surface area contributed by atoms with E-state index >= 15 is 0 Å². The highest BCUT2D eigenvalue weighted by molar-refractivity contribution is 7.91. The Kier molecular flexibility index (Phi) is 4.35. The third kappa shape index (κ3) is 3.45. The second kappa shape index (κ2) is 5.46. The van der Waals surface area contributed by atoms with Crippen molar-refractivity contribution in [2.75, 3.05) is 5.75 Å². The molecule has 108 valence electrons. The van der Waals surface area contributed by atoms with Crippen LogP contribution in [0.3, 0.4) is 0 Å². The Bertz CT molecular complexity index is 674. The predicted octanol–water partition coefficient (Wildman–Crippen LogP) is 1.25. The molecule has 0 amide bonds. The number of carbonyl (C=O) groups is 1.